The molecule has 0 spiro atoms. The van der Waals surface area contributed by atoms with Gasteiger partial charge >= 0.3 is 0 Å². The monoisotopic (exact) mass is 451 g/mol. The van der Waals surface area contributed by atoms with Crippen LogP contribution in [0.4, 0.5) is 14.7 Å². The SMILES string of the molecule is C=C(N)Sc1ccc(F)c(-c2c3c(c4cnc(N5CCCC5)nc4c2F)COC3)c1C#N. The number of ether oxygens (including phenoxy) is 1. The summed E-state index contributed by atoms with van der Waals surface area (Å²) in [4.78, 5) is 11.4. The van der Waals surface area contributed by atoms with E-state index in [0.717, 1.165) is 37.7 Å². The third-order valence-electron chi connectivity index (χ3n) is 5.80. The number of hydrogen-bond acceptors (Lipinski definition) is 7. The van der Waals surface area contributed by atoms with Crippen LogP contribution in [0.15, 0.2) is 34.8 Å². The van der Waals surface area contributed by atoms with Crippen LogP contribution in [0.5, 0.6) is 0 Å². The molecule has 5 rings (SSSR count). The predicted molar refractivity (Wildman–Crippen MR) is 119 cm³/mol. The van der Waals surface area contributed by atoms with Gasteiger partial charge in [0, 0.05) is 40.7 Å². The van der Waals surface area contributed by atoms with Crippen LogP contribution in [-0.4, -0.2) is 23.1 Å². The maximum Gasteiger partial charge on any atom is 0.225 e. The quantitative estimate of drug-likeness (QED) is 0.580. The molecule has 2 N–H and O–H groups in total. The van der Waals surface area contributed by atoms with Gasteiger partial charge in [-0.15, -0.1) is 0 Å². The number of thioether (sulfide) groups is 1. The Bertz CT molecular complexity index is 1310. The maximum atomic E-state index is 16.1. The van der Waals surface area contributed by atoms with Crippen molar-refractivity contribution in [3.8, 4) is 17.2 Å². The summed E-state index contributed by atoms with van der Waals surface area (Å²) in [7, 11) is 0. The zero-order valence-corrected chi connectivity index (χ0v) is 17.9. The van der Waals surface area contributed by atoms with Crippen LogP contribution in [0, 0.1) is 23.0 Å². The van der Waals surface area contributed by atoms with Crippen LogP contribution < -0.4 is 10.6 Å². The van der Waals surface area contributed by atoms with E-state index >= 15 is 8.78 Å². The average molecular weight is 452 g/mol. The Morgan fingerprint density at radius 1 is 1.19 bits per heavy atom. The third kappa shape index (κ3) is 3.27. The minimum atomic E-state index is -0.699. The number of fused-ring (bicyclic) bond motifs is 3. The highest BCUT2D eigenvalue weighted by Gasteiger charge is 2.30. The van der Waals surface area contributed by atoms with Gasteiger partial charge in [0.15, 0.2) is 5.82 Å². The summed E-state index contributed by atoms with van der Waals surface area (Å²) in [6.07, 6.45) is 3.67. The van der Waals surface area contributed by atoms with Crippen LogP contribution in [0.2, 0.25) is 0 Å². The molecule has 32 heavy (non-hydrogen) atoms. The molecule has 0 aliphatic carbocycles. The summed E-state index contributed by atoms with van der Waals surface area (Å²) in [5.74, 6) is -0.936. The molecule has 1 saturated heterocycles. The van der Waals surface area contributed by atoms with Crippen molar-refractivity contribution in [2.24, 2.45) is 5.73 Å². The Kier molecular flexibility index (Phi) is 5.19. The minimum absolute atomic E-state index is 0.00257. The molecule has 0 saturated carbocycles. The minimum Gasteiger partial charge on any atom is -0.394 e. The van der Waals surface area contributed by atoms with Gasteiger partial charge in [0.2, 0.25) is 5.95 Å². The molecule has 3 heterocycles. The zero-order valence-electron chi connectivity index (χ0n) is 17.1. The molecule has 0 unspecified atom stereocenters. The molecule has 1 aromatic heterocycles. The second kappa shape index (κ2) is 8.04. The summed E-state index contributed by atoms with van der Waals surface area (Å²) in [5.41, 5.74) is 6.93. The fraction of sp³-hybridized carbons (Fsp3) is 0.261. The third-order valence-corrected chi connectivity index (χ3v) is 6.62. The van der Waals surface area contributed by atoms with Crippen molar-refractivity contribution in [2.45, 2.75) is 31.0 Å². The molecule has 1 fully saturated rings. The molecule has 9 heteroatoms. The number of nitrogens with two attached hydrogens (primary N) is 1. The highest BCUT2D eigenvalue weighted by molar-refractivity contribution is 8.03. The van der Waals surface area contributed by atoms with Crippen LogP contribution in [-0.2, 0) is 18.0 Å². The van der Waals surface area contributed by atoms with Gasteiger partial charge in [-0.25, -0.2) is 18.7 Å². The van der Waals surface area contributed by atoms with Gasteiger partial charge in [-0.2, -0.15) is 5.26 Å². The number of hydrogen-bond donors (Lipinski definition) is 1. The summed E-state index contributed by atoms with van der Waals surface area (Å²) in [5, 5.41) is 10.6. The molecule has 0 amide bonds. The van der Waals surface area contributed by atoms with Gasteiger partial charge in [-0.05, 0) is 36.1 Å². The Morgan fingerprint density at radius 3 is 2.66 bits per heavy atom. The van der Waals surface area contributed by atoms with Gasteiger partial charge in [-0.1, -0.05) is 18.3 Å². The molecule has 2 aliphatic heterocycles. The number of halogens is 2. The first kappa shape index (κ1) is 20.7. The topological polar surface area (TPSA) is 88.1 Å². The molecular weight excluding hydrogens is 432 g/mol. The Balaban J connectivity index is 1.81. The predicted octanol–water partition coefficient (Wildman–Crippen LogP) is 4.60. The molecule has 0 radical (unpaired) electrons. The number of nitrogens with zero attached hydrogens (tertiary/aromatic N) is 4. The smallest absolute Gasteiger partial charge is 0.225 e. The molecule has 2 aliphatic rings. The lowest BCUT2D eigenvalue weighted by Crippen LogP contribution is -2.20. The number of aromatic nitrogens is 2. The van der Waals surface area contributed by atoms with Crippen molar-refractivity contribution in [1.29, 1.82) is 5.26 Å². The summed E-state index contributed by atoms with van der Waals surface area (Å²) < 4.78 is 36.8. The largest absolute Gasteiger partial charge is 0.394 e. The molecule has 162 valence electrons. The molecule has 0 atom stereocenters. The van der Waals surface area contributed by atoms with Crippen molar-refractivity contribution in [3.63, 3.8) is 0 Å². The molecule has 3 aromatic rings. The summed E-state index contributed by atoms with van der Waals surface area (Å²) in [6, 6.07) is 4.68. The molecular formula is C23H19F2N5OS. The van der Waals surface area contributed by atoms with Crippen LogP contribution >= 0.6 is 11.8 Å². The first-order valence-electron chi connectivity index (χ1n) is 10.2. The first-order valence-corrected chi connectivity index (χ1v) is 11.0. The van der Waals surface area contributed by atoms with E-state index in [1.807, 2.05) is 11.0 Å². The highest BCUT2D eigenvalue weighted by atomic mass is 32.2. The lowest BCUT2D eigenvalue weighted by molar-refractivity contribution is 0.135. The van der Waals surface area contributed by atoms with E-state index in [4.69, 9.17) is 10.5 Å². The van der Waals surface area contributed by atoms with Crippen molar-refractivity contribution in [3.05, 3.63) is 58.3 Å². The summed E-state index contributed by atoms with van der Waals surface area (Å²) >= 11 is 1.04. The van der Waals surface area contributed by atoms with E-state index in [1.54, 1.807) is 6.20 Å². The van der Waals surface area contributed by atoms with E-state index in [9.17, 15) is 5.26 Å². The van der Waals surface area contributed by atoms with Crippen molar-refractivity contribution >= 4 is 28.6 Å². The van der Waals surface area contributed by atoms with Gasteiger partial charge < -0.3 is 15.4 Å². The second-order valence-electron chi connectivity index (χ2n) is 7.74. The number of anilines is 1. The Morgan fingerprint density at radius 2 is 1.94 bits per heavy atom. The lowest BCUT2D eigenvalue weighted by Gasteiger charge is -2.18. The number of nitriles is 1. The first-order chi connectivity index (χ1) is 15.5. The molecule has 6 nitrogen and oxygen atoms in total. The fourth-order valence-corrected chi connectivity index (χ4v) is 5.04. The average Bonchev–Trinajstić information content (AvgIpc) is 3.47. The fourth-order valence-electron chi connectivity index (χ4n) is 4.37. The van der Waals surface area contributed by atoms with Crippen molar-refractivity contribution in [1.82, 2.24) is 9.97 Å². The van der Waals surface area contributed by atoms with E-state index in [-0.39, 0.29) is 40.4 Å². The van der Waals surface area contributed by atoms with Crippen molar-refractivity contribution in [2.75, 3.05) is 18.0 Å². The highest BCUT2D eigenvalue weighted by Crippen LogP contribution is 2.43. The number of benzene rings is 2. The van der Waals surface area contributed by atoms with Gasteiger partial charge in [-0.3, -0.25) is 0 Å². The van der Waals surface area contributed by atoms with E-state index in [0.29, 0.717) is 27.4 Å². The Labute approximate surface area is 187 Å². The van der Waals surface area contributed by atoms with E-state index < -0.39 is 11.6 Å². The zero-order chi connectivity index (χ0) is 22.4. The Hall–Kier alpha value is -3.22. The lowest BCUT2D eigenvalue weighted by atomic mass is 9.90. The molecule has 0 bridgehead atoms. The van der Waals surface area contributed by atoms with Crippen LogP contribution in [0.25, 0.3) is 22.0 Å². The van der Waals surface area contributed by atoms with Crippen molar-refractivity contribution < 1.29 is 13.5 Å². The molecule has 2 aromatic carbocycles. The normalized spacial score (nSPS) is 15.2. The second-order valence-corrected chi connectivity index (χ2v) is 8.91. The van der Waals surface area contributed by atoms with Crippen LogP contribution in [0.3, 0.4) is 0 Å². The van der Waals surface area contributed by atoms with Crippen LogP contribution in [0.1, 0.15) is 29.5 Å². The van der Waals surface area contributed by atoms with E-state index in [2.05, 4.69) is 16.5 Å². The van der Waals surface area contributed by atoms with E-state index in [1.165, 1.54) is 12.1 Å². The maximum absolute atomic E-state index is 16.1. The number of rotatable bonds is 4. The summed E-state index contributed by atoms with van der Waals surface area (Å²) in [6.45, 7) is 5.60. The van der Waals surface area contributed by atoms with Gasteiger partial charge in [0.25, 0.3) is 0 Å². The van der Waals surface area contributed by atoms with Gasteiger partial charge in [0.05, 0.1) is 23.8 Å². The standard InChI is InChI=1S/C23H19F2N5OS/c1-12(27)32-18-5-4-17(24)19(13(18)8-26)20-16-11-31-10-15(16)14-9-28-23(29-22(14)21(20)25)30-6-2-3-7-30/h4-5,9H,1-3,6-7,10-11,27H2. The van der Waals surface area contributed by atoms with Gasteiger partial charge in [0.1, 0.15) is 17.4 Å².